The van der Waals surface area contributed by atoms with Crippen molar-refractivity contribution in [3.63, 3.8) is 0 Å². The van der Waals surface area contributed by atoms with Crippen molar-refractivity contribution in [3.8, 4) is 39.2 Å². The third kappa shape index (κ3) is 6.05. The largest absolute Gasteiger partial charge is 0.319 e. The molecule has 1 aliphatic carbocycles. The Labute approximate surface area is 397 Å². The maximum Gasteiger partial charge on any atom is 0.148 e. The fraction of sp³-hybridized carbons (Fsp3) is 0.0167. The van der Waals surface area contributed by atoms with Crippen molar-refractivity contribution in [3.05, 3.63) is 265 Å². The summed E-state index contributed by atoms with van der Waals surface area (Å²) in [5, 5.41) is 6.29. The van der Waals surface area contributed by atoms with E-state index < -0.39 is 5.41 Å². The number of fused-ring (bicyclic) bond motifs is 7. The molecular weight excluding hydrogens is 988 g/mol. The molecule has 0 atom stereocenters. The second kappa shape index (κ2) is 16.0. The van der Waals surface area contributed by atoms with Crippen LogP contribution in [0.1, 0.15) is 22.3 Å². The van der Waals surface area contributed by atoms with E-state index in [1.807, 2.05) is 34.5 Å². The Morgan fingerprint density at radius 2 is 1.03 bits per heavy atom. The Bertz CT molecular complexity index is 3580. The van der Waals surface area contributed by atoms with Crippen LogP contribution in [-0.4, -0.2) is 14.5 Å². The third-order valence-electron chi connectivity index (χ3n) is 13.2. The van der Waals surface area contributed by atoms with Gasteiger partial charge in [0.15, 0.2) is 0 Å². The Morgan fingerprint density at radius 3 is 1.77 bits per heavy atom. The topological polar surface area (TPSA) is 37.1 Å². The first kappa shape index (κ1) is 39.7. The third-order valence-corrected chi connectivity index (χ3v) is 13.2. The van der Waals surface area contributed by atoms with E-state index in [-0.39, 0.29) is 21.1 Å². The molecule has 2 aromatic heterocycles. The van der Waals surface area contributed by atoms with Crippen LogP contribution in [0.5, 0.6) is 0 Å². The van der Waals surface area contributed by atoms with Crippen LogP contribution >= 0.6 is 0 Å². The number of pyridine rings is 1. The van der Waals surface area contributed by atoms with Crippen molar-refractivity contribution in [2.24, 2.45) is 0 Å². The van der Waals surface area contributed by atoms with Gasteiger partial charge in [-0.05, 0) is 92.4 Å². The summed E-state index contributed by atoms with van der Waals surface area (Å²) >= 11 is 0. The molecule has 3 heterocycles. The van der Waals surface area contributed by atoms with Gasteiger partial charge in [0, 0.05) is 43.9 Å². The molecule has 2 aliphatic rings. The first-order valence-corrected chi connectivity index (χ1v) is 22.0. The predicted molar refractivity (Wildman–Crippen MR) is 263 cm³/mol. The molecule has 1 aliphatic heterocycles. The Hall–Kier alpha value is -7.82. The molecular formula is C60H39N4OPt-. The average Bonchev–Trinajstić information content (AvgIpc) is 4.04. The SMILES string of the molecule is [Pt].[c-]1c(N2[OH+]N(c3ccccc3)c3ccccc32)cccc1C1(c2[c-]c3c(cc2)c2ccccc2n3-c2cc(-c3ccccc3-c3ccccc3)ccn2)c2ccccc2-c2ccccc21. The molecule has 13 rings (SSSR count). The van der Waals surface area contributed by atoms with Crippen LogP contribution in [-0.2, 0) is 26.5 Å². The molecule has 0 spiro atoms. The number of para-hydroxylation sites is 4. The van der Waals surface area contributed by atoms with Crippen LogP contribution in [0, 0.1) is 12.1 Å². The minimum atomic E-state index is -0.777. The van der Waals surface area contributed by atoms with E-state index in [0.717, 1.165) is 72.6 Å². The number of aromatic nitrogens is 2. The van der Waals surface area contributed by atoms with E-state index in [2.05, 4.69) is 223 Å². The zero-order valence-electron chi connectivity index (χ0n) is 35.5. The van der Waals surface area contributed by atoms with Crippen LogP contribution in [0.25, 0.3) is 61.0 Å². The molecule has 0 amide bonds. The smallest absolute Gasteiger partial charge is 0.148 e. The minimum Gasteiger partial charge on any atom is -0.319 e. The Balaban J connectivity index is 0.00000456. The van der Waals surface area contributed by atoms with Crippen LogP contribution in [0.3, 0.4) is 0 Å². The number of rotatable bonds is 7. The normalized spacial score (nSPS) is 13.3. The monoisotopic (exact) mass is 1030 g/mol. The molecule has 0 saturated heterocycles. The molecule has 316 valence electrons. The van der Waals surface area contributed by atoms with Gasteiger partial charge in [-0.2, -0.15) is 35.3 Å². The summed E-state index contributed by atoms with van der Waals surface area (Å²) < 4.78 is 2.29. The van der Waals surface area contributed by atoms with Crippen molar-refractivity contribution in [1.82, 2.24) is 9.55 Å². The van der Waals surface area contributed by atoms with E-state index in [0.29, 0.717) is 0 Å². The number of hydrogen-bond donors (Lipinski definition) is 0. The van der Waals surface area contributed by atoms with E-state index >= 15 is 0 Å². The molecule has 0 unspecified atom stereocenters. The molecule has 11 aromatic rings. The Morgan fingerprint density at radius 1 is 0.439 bits per heavy atom. The average molecular weight is 1030 g/mol. The van der Waals surface area contributed by atoms with Gasteiger partial charge in [-0.25, -0.2) is 4.98 Å². The maximum atomic E-state index is 5.23. The van der Waals surface area contributed by atoms with Crippen LogP contribution in [0.15, 0.2) is 231 Å². The minimum absolute atomic E-state index is 0. The second-order valence-electron chi connectivity index (χ2n) is 16.6. The summed E-state index contributed by atoms with van der Waals surface area (Å²) in [7, 11) is 0. The zero-order chi connectivity index (χ0) is 42.9. The van der Waals surface area contributed by atoms with Gasteiger partial charge in [0.05, 0.1) is 0 Å². The molecule has 0 saturated carbocycles. The molecule has 5 nitrogen and oxygen atoms in total. The molecule has 0 bridgehead atoms. The zero-order valence-corrected chi connectivity index (χ0v) is 37.8. The van der Waals surface area contributed by atoms with Crippen molar-refractivity contribution in [2.45, 2.75) is 5.41 Å². The number of hydrogen-bond acceptors (Lipinski definition) is 3. The van der Waals surface area contributed by atoms with Crippen molar-refractivity contribution in [2.75, 3.05) is 10.1 Å². The van der Waals surface area contributed by atoms with Gasteiger partial charge in [-0.3, -0.25) is 0 Å². The molecule has 9 aromatic carbocycles. The van der Waals surface area contributed by atoms with Crippen LogP contribution in [0.2, 0.25) is 0 Å². The van der Waals surface area contributed by atoms with E-state index in [1.165, 1.54) is 33.4 Å². The fourth-order valence-corrected chi connectivity index (χ4v) is 10.4. The van der Waals surface area contributed by atoms with E-state index in [9.17, 15) is 0 Å². The Kier molecular flexibility index (Phi) is 9.64. The van der Waals surface area contributed by atoms with Gasteiger partial charge in [0.25, 0.3) is 0 Å². The van der Waals surface area contributed by atoms with Crippen molar-refractivity contribution < 1.29 is 26.0 Å². The number of anilines is 4. The first-order chi connectivity index (χ1) is 32.3. The number of benzene rings is 9. The summed E-state index contributed by atoms with van der Waals surface area (Å²) in [6.07, 6.45) is 1.93. The van der Waals surface area contributed by atoms with Crippen molar-refractivity contribution >= 4 is 44.6 Å². The van der Waals surface area contributed by atoms with Crippen LogP contribution in [0.4, 0.5) is 22.7 Å². The van der Waals surface area contributed by atoms with Gasteiger partial charge in [0.1, 0.15) is 22.9 Å². The summed E-state index contributed by atoms with van der Waals surface area (Å²) in [4.78, 5) is 10.3. The van der Waals surface area contributed by atoms with Gasteiger partial charge in [-0.1, -0.05) is 162 Å². The van der Waals surface area contributed by atoms with Gasteiger partial charge in [-0.15, -0.1) is 33.7 Å². The molecule has 1 N–H and O–H groups in total. The summed E-state index contributed by atoms with van der Waals surface area (Å²) in [5.74, 6) is 0.831. The first-order valence-electron chi connectivity index (χ1n) is 22.0. The molecule has 0 fully saturated rings. The predicted octanol–water partition coefficient (Wildman–Crippen LogP) is 14.6. The summed E-state index contributed by atoms with van der Waals surface area (Å²) in [6.45, 7) is 0. The standard InChI is InChI=1S/C60H38N4O.Pt/c1-3-18-41(19-4-1)47-24-7-8-25-48(47)42-36-37-61-59(38-42)62-55-31-14-11-28-51(55)52-35-34-44(40-58(52)62)60(53-29-12-9-26-49(53)50-27-10-13-30-54(50)60)43-20-17-23-46(39-43)64-57-33-16-15-32-56(57)63(65-64)45-21-5-2-6-22-45;/h1-38H;/q-2;/p+1. The van der Waals surface area contributed by atoms with Gasteiger partial charge in [0.2, 0.25) is 0 Å². The van der Waals surface area contributed by atoms with Gasteiger partial charge < -0.3 is 4.57 Å². The maximum absolute atomic E-state index is 5.23. The summed E-state index contributed by atoms with van der Waals surface area (Å²) in [5.41, 5.74) is 16.5. The van der Waals surface area contributed by atoms with E-state index in [1.54, 1.807) is 0 Å². The second-order valence-corrected chi connectivity index (χ2v) is 16.6. The van der Waals surface area contributed by atoms with Gasteiger partial charge >= 0.3 is 0 Å². The van der Waals surface area contributed by atoms with Crippen LogP contribution < -0.4 is 10.1 Å². The van der Waals surface area contributed by atoms with E-state index in [4.69, 9.17) is 9.92 Å². The summed E-state index contributed by atoms with van der Waals surface area (Å²) in [6, 6.07) is 87.7. The molecule has 66 heavy (non-hydrogen) atoms. The molecule has 0 radical (unpaired) electrons. The number of nitrogens with zero attached hydrogens (tertiary/aromatic N) is 4. The van der Waals surface area contributed by atoms with Crippen molar-refractivity contribution in [1.29, 1.82) is 0 Å². The fourth-order valence-electron chi connectivity index (χ4n) is 10.4. The molecule has 6 heteroatoms. The quantitative estimate of drug-likeness (QED) is 0.118.